The van der Waals surface area contributed by atoms with Crippen molar-refractivity contribution in [2.75, 3.05) is 5.73 Å². The van der Waals surface area contributed by atoms with Crippen molar-refractivity contribution >= 4 is 21.8 Å². The number of nitrogens with one attached hydrogen (secondary N) is 1. The highest BCUT2D eigenvalue weighted by atomic mass is 32.2. The second-order valence-electron chi connectivity index (χ2n) is 10.2. The van der Waals surface area contributed by atoms with Crippen LogP contribution < -0.4 is 10.5 Å². The number of anilines is 1. The number of nitrogen functional groups attached to an aromatic ring is 1. The van der Waals surface area contributed by atoms with E-state index >= 15 is 0 Å². The topological polar surface area (TPSA) is 177 Å². The zero-order chi connectivity index (χ0) is 29.7. The summed E-state index contributed by atoms with van der Waals surface area (Å²) in [5.41, 5.74) is 9.37. The lowest BCUT2D eigenvalue weighted by molar-refractivity contribution is -0.192. The van der Waals surface area contributed by atoms with Crippen molar-refractivity contribution in [3.8, 4) is 28.6 Å². The summed E-state index contributed by atoms with van der Waals surface area (Å²) in [4.78, 5) is 18.1. The van der Waals surface area contributed by atoms with Crippen molar-refractivity contribution in [3.05, 3.63) is 41.9 Å². The molecule has 2 bridgehead atoms. The Morgan fingerprint density at radius 1 is 1.23 bits per heavy atom. The molecule has 1 aromatic carbocycles. The van der Waals surface area contributed by atoms with Crippen LogP contribution in [0, 0.1) is 30.6 Å². The highest BCUT2D eigenvalue weighted by Crippen LogP contribution is 2.61. The number of nitriles is 1. The van der Waals surface area contributed by atoms with Crippen LogP contribution in [0.15, 0.2) is 35.5 Å². The molecule has 6 rings (SSSR count). The maximum atomic E-state index is 13.2. The zero-order valence-corrected chi connectivity index (χ0v) is 22.6. The average molecular weight is 578 g/mol. The number of rotatable bonds is 5. The first kappa shape index (κ1) is 29.0. The Kier molecular flexibility index (Phi) is 7.14. The van der Waals surface area contributed by atoms with E-state index in [1.807, 2.05) is 27.1 Å². The summed E-state index contributed by atoms with van der Waals surface area (Å²) in [6.45, 7) is 3.77. The first-order chi connectivity index (χ1) is 18.5. The van der Waals surface area contributed by atoms with Crippen molar-refractivity contribution < 1.29 is 31.5 Å². The van der Waals surface area contributed by atoms with Gasteiger partial charge in [-0.3, -0.25) is 4.68 Å². The van der Waals surface area contributed by atoms with E-state index in [2.05, 4.69) is 20.9 Å². The number of carbonyl (C=O) groups is 1. The molecule has 0 saturated heterocycles. The second-order valence-corrected chi connectivity index (χ2v) is 11.9. The van der Waals surface area contributed by atoms with Crippen molar-refractivity contribution in [2.24, 2.45) is 12.5 Å². The molecule has 3 aromatic rings. The summed E-state index contributed by atoms with van der Waals surface area (Å²) in [5, 5.41) is 20.9. The molecule has 0 amide bonds. The molecule has 11 nitrogen and oxygen atoms in total. The second kappa shape index (κ2) is 9.86. The van der Waals surface area contributed by atoms with E-state index in [0.29, 0.717) is 36.2 Å². The molecule has 3 fully saturated rings. The fourth-order valence-electron chi connectivity index (χ4n) is 5.28. The number of hydrogen-bond donors (Lipinski definition) is 3. The molecule has 0 aliphatic heterocycles. The van der Waals surface area contributed by atoms with Crippen molar-refractivity contribution in [2.45, 2.75) is 56.1 Å². The van der Waals surface area contributed by atoms with Gasteiger partial charge >= 0.3 is 12.1 Å². The molecule has 0 radical (unpaired) electrons. The molecule has 3 aliphatic rings. The Bertz CT molecular complexity index is 1640. The zero-order valence-electron chi connectivity index (χ0n) is 21.7. The molecule has 0 spiro atoms. The number of carboxylic acids is 1. The number of sulfonamides is 1. The van der Waals surface area contributed by atoms with Crippen molar-refractivity contribution in [1.82, 2.24) is 24.5 Å². The van der Waals surface area contributed by atoms with Gasteiger partial charge in [0.15, 0.2) is 0 Å². The minimum Gasteiger partial charge on any atom is -0.475 e. The molecule has 3 aliphatic carbocycles. The minimum atomic E-state index is -5.08. The first-order valence-corrected chi connectivity index (χ1v) is 13.5. The maximum Gasteiger partial charge on any atom is 0.490 e. The van der Waals surface area contributed by atoms with Crippen LogP contribution in [0.5, 0.6) is 0 Å². The third-order valence-corrected chi connectivity index (χ3v) is 8.71. The third kappa shape index (κ3) is 5.50. The molecule has 3 saturated carbocycles. The number of nitrogens with zero attached hydrogens (tertiary/aromatic N) is 5. The number of aliphatic carboxylic acids is 1. The van der Waals surface area contributed by atoms with Crippen molar-refractivity contribution in [3.63, 3.8) is 0 Å². The van der Waals surface area contributed by atoms with E-state index in [9.17, 15) is 26.9 Å². The van der Waals surface area contributed by atoms with Crippen LogP contribution >= 0.6 is 0 Å². The van der Waals surface area contributed by atoms with Gasteiger partial charge in [0.05, 0.1) is 34.0 Å². The first-order valence-electron chi connectivity index (χ1n) is 12.0. The van der Waals surface area contributed by atoms with Crippen LogP contribution in [0.25, 0.3) is 22.5 Å². The van der Waals surface area contributed by atoms with Gasteiger partial charge in [-0.1, -0.05) is 6.07 Å². The summed E-state index contributed by atoms with van der Waals surface area (Å²) >= 11 is 0. The maximum absolute atomic E-state index is 13.2. The predicted octanol–water partition coefficient (Wildman–Crippen LogP) is 3.49. The monoisotopic (exact) mass is 577 g/mol. The Morgan fingerprint density at radius 2 is 1.88 bits per heavy atom. The number of nitrogens with two attached hydrogens (primary N) is 1. The summed E-state index contributed by atoms with van der Waals surface area (Å²) in [6, 6.07) is 7.35. The number of aryl methyl sites for hydroxylation is 3. The molecular weight excluding hydrogens is 551 g/mol. The summed E-state index contributed by atoms with van der Waals surface area (Å²) < 4.78 is 62.8. The van der Waals surface area contributed by atoms with Gasteiger partial charge in [-0.15, -0.1) is 0 Å². The van der Waals surface area contributed by atoms with Crippen LogP contribution in [0.2, 0.25) is 0 Å². The molecular formula is C25H26F3N7O4S. The average Bonchev–Trinajstić information content (AvgIpc) is 3.49. The molecule has 15 heteroatoms. The van der Waals surface area contributed by atoms with Crippen molar-refractivity contribution in [1.29, 1.82) is 5.26 Å². The predicted molar refractivity (Wildman–Crippen MR) is 137 cm³/mol. The van der Waals surface area contributed by atoms with E-state index < -0.39 is 27.7 Å². The normalized spacial score (nSPS) is 21.6. The van der Waals surface area contributed by atoms with Gasteiger partial charge in [0, 0.05) is 29.9 Å². The third-order valence-electron chi connectivity index (χ3n) is 7.13. The number of fused-ring (bicyclic) bond motifs is 1. The van der Waals surface area contributed by atoms with E-state index in [0.717, 1.165) is 23.2 Å². The number of carboxylic acid groups (broad SMARTS) is 1. The molecule has 40 heavy (non-hydrogen) atoms. The number of hydrogen-bond acceptors (Lipinski definition) is 8. The van der Waals surface area contributed by atoms with E-state index in [4.69, 9.17) is 20.6 Å². The number of halogens is 3. The van der Waals surface area contributed by atoms with E-state index in [-0.39, 0.29) is 16.1 Å². The quantitative estimate of drug-likeness (QED) is 0.410. The van der Waals surface area contributed by atoms with Gasteiger partial charge in [-0.2, -0.15) is 23.5 Å². The minimum absolute atomic E-state index is 0.163. The van der Waals surface area contributed by atoms with Crippen LogP contribution in [-0.4, -0.2) is 51.0 Å². The highest BCUT2D eigenvalue weighted by molar-refractivity contribution is 7.89. The SMILES string of the molecule is Cc1ccc(S(=O)(=O)NC23CCC(C#N)(C2)C3)cc1-c1cnc(N)c(-c2cn(C)nc2C)n1.O=C(O)C(F)(F)F. The lowest BCUT2D eigenvalue weighted by Gasteiger charge is -2.43. The van der Waals surface area contributed by atoms with Crippen LogP contribution in [0.3, 0.4) is 0 Å². The van der Waals surface area contributed by atoms with Gasteiger partial charge < -0.3 is 10.8 Å². The van der Waals surface area contributed by atoms with Gasteiger partial charge in [0.1, 0.15) is 11.5 Å². The molecule has 2 heterocycles. The number of benzene rings is 1. The lowest BCUT2D eigenvalue weighted by Crippen LogP contribution is -2.55. The van der Waals surface area contributed by atoms with Gasteiger partial charge in [0.2, 0.25) is 10.0 Å². The summed E-state index contributed by atoms with van der Waals surface area (Å²) in [7, 11) is -1.94. The number of alkyl halides is 3. The molecule has 2 aromatic heterocycles. The lowest BCUT2D eigenvalue weighted by atomic mass is 9.66. The Morgan fingerprint density at radius 3 is 2.40 bits per heavy atom. The Labute approximate surface area is 227 Å². The van der Waals surface area contributed by atoms with E-state index in [1.165, 1.54) is 0 Å². The molecule has 212 valence electrons. The Hall–Kier alpha value is -4.03. The van der Waals surface area contributed by atoms with Gasteiger partial charge in [-0.05, 0) is 57.2 Å². The summed E-state index contributed by atoms with van der Waals surface area (Å²) in [5.74, 6) is -2.48. The van der Waals surface area contributed by atoms with Gasteiger partial charge in [0.25, 0.3) is 0 Å². The highest BCUT2D eigenvalue weighted by Gasteiger charge is 2.62. The largest absolute Gasteiger partial charge is 0.490 e. The van der Waals surface area contributed by atoms with E-state index in [1.54, 1.807) is 29.1 Å². The molecule has 0 atom stereocenters. The fourth-order valence-corrected chi connectivity index (χ4v) is 6.74. The summed E-state index contributed by atoms with van der Waals surface area (Å²) in [6.07, 6.45) is 0.882. The standard InChI is InChI=1S/C23H25N7O2S.C2HF3O2/c1-14-4-5-16(33(31,32)29-23-7-6-22(11-23,12-23)13-24)8-17(14)19-9-26-21(25)20(27-19)18-10-30(3)28-15(18)2;3-2(4,5)1(6)7/h4-5,8-10,29H,6-7,11-12H2,1-3H3,(H2,25,26);(H,6,7). The molecule has 4 N–H and O–H groups in total. The molecule has 0 unspecified atom stereocenters. The van der Waals surface area contributed by atoms with Crippen LogP contribution in [0.1, 0.15) is 36.9 Å². The Balaban J connectivity index is 0.000000470. The smallest absolute Gasteiger partial charge is 0.475 e. The number of aromatic nitrogens is 4. The van der Waals surface area contributed by atoms with Gasteiger partial charge in [-0.25, -0.2) is 27.9 Å². The fraction of sp³-hybridized carbons (Fsp3) is 0.400. The van der Waals surface area contributed by atoms with Crippen LogP contribution in [-0.2, 0) is 21.9 Å². The van der Waals surface area contributed by atoms with Crippen LogP contribution in [0.4, 0.5) is 19.0 Å².